The van der Waals surface area contributed by atoms with E-state index in [1.54, 1.807) is 4.68 Å². The lowest BCUT2D eigenvalue weighted by atomic mass is 10.2. The Morgan fingerprint density at radius 2 is 2.06 bits per heavy atom. The van der Waals surface area contributed by atoms with E-state index in [0.717, 1.165) is 23.5 Å². The molecule has 0 aliphatic carbocycles. The molecule has 0 fully saturated rings. The maximum Gasteiger partial charge on any atom is 0.0846 e. The third kappa shape index (κ3) is 2.63. The molecule has 0 aliphatic heterocycles. The van der Waals surface area contributed by atoms with Crippen LogP contribution in [-0.2, 0) is 6.54 Å². The first-order valence-corrected chi connectivity index (χ1v) is 6.02. The monoisotopic (exact) mass is 269 g/mol. The Morgan fingerprint density at radius 1 is 1.29 bits per heavy atom. The average molecular weight is 270 g/mol. The van der Waals surface area contributed by atoms with E-state index in [1.165, 1.54) is 0 Å². The van der Waals surface area contributed by atoms with Gasteiger partial charge >= 0.3 is 0 Å². The molecule has 0 radical (unpaired) electrons. The Labute approximate surface area is 110 Å². The molecule has 5 heteroatoms. The van der Waals surface area contributed by atoms with E-state index in [0.29, 0.717) is 10.0 Å². The summed E-state index contributed by atoms with van der Waals surface area (Å²) in [5.41, 5.74) is 2.72. The van der Waals surface area contributed by atoms with Crippen molar-refractivity contribution in [2.45, 2.75) is 13.5 Å². The summed E-state index contributed by atoms with van der Waals surface area (Å²) in [6.45, 7) is 2.65. The van der Waals surface area contributed by atoms with Gasteiger partial charge < -0.3 is 5.32 Å². The Kier molecular flexibility index (Phi) is 3.72. The minimum Gasteiger partial charge on any atom is -0.314 e. The summed E-state index contributed by atoms with van der Waals surface area (Å²) in [6.07, 6.45) is 1.87. The average Bonchev–Trinajstić information content (AvgIpc) is 2.72. The Balaban J connectivity index is 2.41. The Morgan fingerprint density at radius 3 is 2.76 bits per heavy atom. The summed E-state index contributed by atoms with van der Waals surface area (Å²) in [4.78, 5) is 0. The minimum atomic E-state index is 0.644. The highest BCUT2D eigenvalue weighted by molar-refractivity contribution is 6.35. The Hall–Kier alpha value is -1.03. The van der Waals surface area contributed by atoms with E-state index < -0.39 is 0 Å². The molecule has 0 spiro atoms. The number of hydrogen-bond donors (Lipinski definition) is 1. The largest absolute Gasteiger partial charge is 0.314 e. The van der Waals surface area contributed by atoms with Crippen LogP contribution in [0.3, 0.4) is 0 Å². The summed E-state index contributed by atoms with van der Waals surface area (Å²) in [7, 11) is 1.88. The molecule has 1 aromatic heterocycles. The van der Waals surface area contributed by atoms with E-state index in [1.807, 2.05) is 38.4 Å². The molecule has 0 amide bonds. The summed E-state index contributed by atoms with van der Waals surface area (Å²) in [5, 5.41) is 8.80. The fourth-order valence-electron chi connectivity index (χ4n) is 1.58. The van der Waals surface area contributed by atoms with Crippen LogP contribution in [0, 0.1) is 6.92 Å². The number of hydrogen-bond acceptors (Lipinski definition) is 2. The van der Waals surface area contributed by atoms with Gasteiger partial charge in [-0.25, -0.2) is 4.68 Å². The third-order valence-electron chi connectivity index (χ3n) is 2.48. The maximum atomic E-state index is 6.19. The van der Waals surface area contributed by atoms with Gasteiger partial charge in [0.1, 0.15) is 0 Å². The molecule has 17 heavy (non-hydrogen) atoms. The van der Waals surface area contributed by atoms with E-state index in [4.69, 9.17) is 23.2 Å². The van der Waals surface area contributed by atoms with E-state index in [9.17, 15) is 0 Å². The van der Waals surface area contributed by atoms with Crippen molar-refractivity contribution in [2.24, 2.45) is 0 Å². The SMILES string of the molecule is CNCc1ccn(-c2cc(Cl)c(C)cc2Cl)n1. The number of aryl methyl sites for hydroxylation is 1. The van der Waals surface area contributed by atoms with Gasteiger partial charge in [-0.1, -0.05) is 23.2 Å². The van der Waals surface area contributed by atoms with Crippen molar-refractivity contribution in [2.75, 3.05) is 7.05 Å². The zero-order chi connectivity index (χ0) is 12.4. The van der Waals surface area contributed by atoms with Gasteiger partial charge in [-0.15, -0.1) is 0 Å². The van der Waals surface area contributed by atoms with Gasteiger partial charge in [0.25, 0.3) is 0 Å². The molecule has 1 N–H and O–H groups in total. The molecule has 0 aliphatic rings. The molecule has 90 valence electrons. The van der Waals surface area contributed by atoms with Gasteiger partial charge in [0.2, 0.25) is 0 Å². The van der Waals surface area contributed by atoms with E-state index in [-0.39, 0.29) is 0 Å². The van der Waals surface area contributed by atoms with Crippen LogP contribution in [0.25, 0.3) is 5.69 Å². The van der Waals surface area contributed by atoms with Crippen LogP contribution < -0.4 is 5.32 Å². The third-order valence-corrected chi connectivity index (χ3v) is 3.19. The van der Waals surface area contributed by atoms with Gasteiger partial charge in [-0.05, 0) is 37.7 Å². The minimum absolute atomic E-state index is 0.644. The van der Waals surface area contributed by atoms with Crippen LogP contribution in [0.15, 0.2) is 24.4 Å². The smallest absolute Gasteiger partial charge is 0.0846 e. The predicted molar refractivity (Wildman–Crippen MR) is 71.1 cm³/mol. The van der Waals surface area contributed by atoms with Gasteiger partial charge in [0, 0.05) is 17.8 Å². The van der Waals surface area contributed by atoms with Crippen molar-refractivity contribution in [1.29, 1.82) is 0 Å². The molecule has 2 aromatic rings. The summed E-state index contributed by atoms with van der Waals surface area (Å²) >= 11 is 12.3. The van der Waals surface area contributed by atoms with Crippen LogP contribution in [0.2, 0.25) is 10.0 Å². The molecule has 0 atom stereocenters. The highest BCUT2D eigenvalue weighted by Gasteiger charge is 2.08. The molecule has 2 rings (SSSR count). The van der Waals surface area contributed by atoms with Crippen molar-refractivity contribution in [3.05, 3.63) is 45.7 Å². The molecule has 0 bridgehead atoms. The number of halogens is 2. The fraction of sp³-hybridized carbons (Fsp3) is 0.250. The first-order chi connectivity index (χ1) is 8.11. The van der Waals surface area contributed by atoms with Crippen LogP contribution in [-0.4, -0.2) is 16.8 Å². The summed E-state index contributed by atoms with van der Waals surface area (Å²) < 4.78 is 1.74. The highest BCUT2D eigenvalue weighted by atomic mass is 35.5. The van der Waals surface area contributed by atoms with E-state index >= 15 is 0 Å². The standard InChI is InChI=1S/C12H13Cl2N3/c1-8-5-11(14)12(6-10(8)13)17-4-3-9(16-17)7-15-2/h3-6,15H,7H2,1-2H3. The molecule has 3 nitrogen and oxygen atoms in total. The number of benzene rings is 1. The van der Waals surface area contributed by atoms with Crippen LogP contribution in [0.1, 0.15) is 11.3 Å². The van der Waals surface area contributed by atoms with Crippen molar-refractivity contribution in [3.63, 3.8) is 0 Å². The summed E-state index contributed by atoms with van der Waals surface area (Å²) in [5.74, 6) is 0. The Bertz CT molecular complexity index is 535. The van der Waals surface area contributed by atoms with Gasteiger partial charge in [0.15, 0.2) is 0 Å². The molecule has 0 saturated carbocycles. The predicted octanol–water partition coefficient (Wildman–Crippen LogP) is 3.21. The first kappa shape index (κ1) is 12.4. The lowest BCUT2D eigenvalue weighted by molar-refractivity contribution is 0.757. The lowest BCUT2D eigenvalue weighted by Gasteiger charge is -2.07. The molecule has 1 heterocycles. The van der Waals surface area contributed by atoms with Gasteiger partial charge in [-0.3, -0.25) is 0 Å². The molecule has 1 aromatic carbocycles. The maximum absolute atomic E-state index is 6.19. The first-order valence-electron chi connectivity index (χ1n) is 5.27. The van der Waals surface area contributed by atoms with Crippen molar-refractivity contribution >= 4 is 23.2 Å². The second-order valence-corrected chi connectivity index (χ2v) is 4.65. The fourth-order valence-corrected chi connectivity index (χ4v) is 2.05. The van der Waals surface area contributed by atoms with Crippen molar-refractivity contribution < 1.29 is 0 Å². The molecule has 0 unspecified atom stereocenters. The van der Waals surface area contributed by atoms with Gasteiger partial charge in [0.05, 0.1) is 16.4 Å². The van der Waals surface area contributed by atoms with E-state index in [2.05, 4.69) is 10.4 Å². The normalized spacial score (nSPS) is 10.8. The van der Waals surface area contributed by atoms with Crippen molar-refractivity contribution in [3.8, 4) is 5.69 Å². The number of nitrogens with zero attached hydrogens (tertiary/aromatic N) is 2. The van der Waals surface area contributed by atoms with Crippen LogP contribution >= 0.6 is 23.2 Å². The van der Waals surface area contributed by atoms with Crippen LogP contribution in [0.4, 0.5) is 0 Å². The number of aromatic nitrogens is 2. The van der Waals surface area contributed by atoms with Crippen LogP contribution in [0.5, 0.6) is 0 Å². The van der Waals surface area contributed by atoms with Crippen molar-refractivity contribution in [1.82, 2.24) is 15.1 Å². The zero-order valence-electron chi connectivity index (χ0n) is 9.67. The quantitative estimate of drug-likeness (QED) is 0.928. The second kappa shape index (κ2) is 5.08. The topological polar surface area (TPSA) is 29.9 Å². The highest BCUT2D eigenvalue weighted by Crippen LogP contribution is 2.27. The molecular formula is C12H13Cl2N3. The zero-order valence-corrected chi connectivity index (χ0v) is 11.2. The number of rotatable bonds is 3. The second-order valence-electron chi connectivity index (χ2n) is 3.83. The van der Waals surface area contributed by atoms with Gasteiger partial charge in [-0.2, -0.15) is 5.10 Å². The lowest BCUT2D eigenvalue weighted by Crippen LogP contribution is -2.06. The molecule has 0 saturated heterocycles. The summed E-state index contributed by atoms with van der Waals surface area (Å²) in [6, 6.07) is 5.62. The number of nitrogens with one attached hydrogen (secondary N) is 1. The molecular weight excluding hydrogens is 257 g/mol.